The van der Waals surface area contributed by atoms with Crippen LogP contribution in [-0.2, 0) is 25.6 Å². The second kappa shape index (κ2) is 6.47. The third kappa shape index (κ3) is 3.01. The average molecular weight is 420 g/mol. The van der Waals surface area contributed by atoms with E-state index in [9.17, 15) is 12.6 Å². The molecule has 3 aliphatic heterocycles. The third-order valence-electron chi connectivity index (χ3n) is 4.79. The van der Waals surface area contributed by atoms with Crippen molar-refractivity contribution in [2.75, 3.05) is 11.4 Å². The Morgan fingerprint density at radius 3 is 2.89 bits per heavy atom. The van der Waals surface area contributed by atoms with E-state index < -0.39 is 21.3 Å². The first-order valence-electron chi connectivity index (χ1n) is 8.65. The van der Waals surface area contributed by atoms with Crippen LogP contribution in [0.1, 0.15) is 18.4 Å². The lowest BCUT2D eigenvalue weighted by molar-refractivity contribution is 0.385. The van der Waals surface area contributed by atoms with Crippen LogP contribution >= 0.6 is 0 Å². The molecule has 28 heavy (non-hydrogen) atoms. The molecule has 5 rings (SSSR count). The van der Waals surface area contributed by atoms with Gasteiger partial charge in [-0.1, -0.05) is 12.1 Å². The Bertz CT molecular complexity index is 1120. The number of nitrogens with one attached hydrogen (secondary N) is 2. The number of amidine groups is 1. The number of hydrogen-bond acceptors (Lipinski definition) is 7. The van der Waals surface area contributed by atoms with Crippen LogP contribution in [0.4, 0.5) is 5.69 Å². The molecule has 2 N–H and O–H groups in total. The van der Waals surface area contributed by atoms with Crippen molar-refractivity contribution in [1.29, 1.82) is 0 Å². The van der Waals surface area contributed by atoms with Gasteiger partial charge in [0.05, 0.1) is 11.9 Å². The first-order valence-corrected chi connectivity index (χ1v) is 11.2. The lowest BCUT2D eigenvalue weighted by Gasteiger charge is -2.33. The Morgan fingerprint density at radius 2 is 2.07 bits per heavy atom. The summed E-state index contributed by atoms with van der Waals surface area (Å²) < 4.78 is 52.3. The molecule has 0 bridgehead atoms. The topological polar surface area (TPSA) is 109 Å². The molecule has 11 heteroatoms. The SMILES string of the molecule is O=S1NC(c2cccc(Oc3ccc4c(c3)S(=O)(=O)NC3CCCN43)c2)=NO1. The van der Waals surface area contributed by atoms with E-state index in [2.05, 4.69) is 23.8 Å². The highest BCUT2D eigenvalue weighted by Crippen LogP contribution is 2.38. The summed E-state index contributed by atoms with van der Waals surface area (Å²) in [6, 6.07) is 12.0. The Morgan fingerprint density at radius 1 is 1.21 bits per heavy atom. The van der Waals surface area contributed by atoms with Crippen molar-refractivity contribution in [3.63, 3.8) is 0 Å². The number of benzene rings is 2. The number of fused-ring (bicyclic) bond motifs is 3. The van der Waals surface area contributed by atoms with Gasteiger partial charge in [-0.05, 0) is 42.3 Å². The Labute approximate surface area is 164 Å². The molecule has 1 fully saturated rings. The smallest absolute Gasteiger partial charge is 0.338 e. The van der Waals surface area contributed by atoms with Crippen molar-refractivity contribution in [2.24, 2.45) is 5.16 Å². The third-order valence-corrected chi connectivity index (χ3v) is 6.85. The van der Waals surface area contributed by atoms with Gasteiger partial charge in [0.15, 0.2) is 5.84 Å². The van der Waals surface area contributed by atoms with Crippen LogP contribution in [0.5, 0.6) is 11.5 Å². The summed E-state index contributed by atoms with van der Waals surface area (Å²) in [5.74, 6) is 1.22. The molecule has 0 saturated carbocycles. The number of hydrogen-bond donors (Lipinski definition) is 2. The summed E-state index contributed by atoms with van der Waals surface area (Å²) in [5.41, 5.74) is 1.34. The summed E-state index contributed by atoms with van der Waals surface area (Å²) in [7, 11) is -3.59. The number of sulfonamides is 1. The molecule has 0 radical (unpaired) electrons. The second-order valence-corrected chi connectivity index (χ2v) is 9.09. The molecule has 2 unspecified atom stereocenters. The van der Waals surface area contributed by atoms with Gasteiger partial charge < -0.3 is 9.64 Å². The monoisotopic (exact) mass is 420 g/mol. The van der Waals surface area contributed by atoms with E-state index in [1.807, 2.05) is 0 Å². The van der Waals surface area contributed by atoms with Gasteiger partial charge in [0, 0.05) is 18.2 Å². The molecule has 9 nitrogen and oxygen atoms in total. The maximum atomic E-state index is 12.6. The lowest BCUT2D eigenvalue weighted by Crippen LogP contribution is -2.48. The van der Waals surface area contributed by atoms with Crippen LogP contribution in [0.15, 0.2) is 52.5 Å². The molecule has 0 amide bonds. The minimum atomic E-state index is -3.59. The molecule has 0 spiro atoms. The van der Waals surface area contributed by atoms with Crippen LogP contribution < -0.4 is 19.1 Å². The van der Waals surface area contributed by atoms with Gasteiger partial charge >= 0.3 is 11.3 Å². The highest BCUT2D eigenvalue weighted by Gasteiger charge is 2.37. The molecular weight excluding hydrogens is 404 g/mol. The van der Waals surface area contributed by atoms with Crippen molar-refractivity contribution in [3.05, 3.63) is 48.0 Å². The maximum Gasteiger partial charge on any atom is 0.338 e. The molecule has 2 aromatic rings. The van der Waals surface area contributed by atoms with Gasteiger partial charge in [0.25, 0.3) is 0 Å². The Kier molecular flexibility index (Phi) is 4.03. The van der Waals surface area contributed by atoms with Gasteiger partial charge in [-0.25, -0.2) is 8.42 Å². The van der Waals surface area contributed by atoms with E-state index in [4.69, 9.17) is 4.74 Å². The molecule has 0 aliphatic carbocycles. The predicted molar refractivity (Wildman–Crippen MR) is 103 cm³/mol. The first-order chi connectivity index (χ1) is 13.5. The van der Waals surface area contributed by atoms with Gasteiger partial charge in [-0.15, -0.1) is 0 Å². The summed E-state index contributed by atoms with van der Waals surface area (Å²) in [5, 5.41) is 3.70. The zero-order valence-electron chi connectivity index (χ0n) is 14.5. The van der Waals surface area contributed by atoms with E-state index in [-0.39, 0.29) is 11.1 Å². The molecule has 1 saturated heterocycles. The van der Waals surface area contributed by atoms with E-state index in [1.165, 1.54) is 6.07 Å². The fourth-order valence-electron chi connectivity index (χ4n) is 3.57. The fourth-order valence-corrected chi connectivity index (χ4v) is 5.53. The van der Waals surface area contributed by atoms with Crippen LogP contribution in [0.2, 0.25) is 0 Å². The number of oxime groups is 1. The summed E-state index contributed by atoms with van der Waals surface area (Å²) in [4.78, 5) is 2.29. The van der Waals surface area contributed by atoms with Gasteiger partial charge in [-0.3, -0.25) is 9.01 Å². The molecular formula is C17H16N4O5S2. The number of rotatable bonds is 3. The van der Waals surface area contributed by atoms with Crippen molar-refractivity contribution in [3.8, 4) is 11.5 Å². The minimum absolute atomic E-state index is 0.173. The van der Waals surface area contributed by atoms with Gasteiger partial charge in [-0.2, -0.15) is 8.93 Å². The standard InChI is InChI=1S/C17H16N4O5S2/c22-27-19-17(18-26-27)11-3-1-4-12(9-11)25-13-6-7-14-15(10-13)28(23,24)20-16-5-2-8-21(14)16/h1,3-4,6-7,9-10,16,20H,2,5,8H2,(H,18,19). The van der Waals surface area contributed by atoms with Crippen LogP contribution in [0.3, 0.4) is 0 Å². The maximum absolute atomic E-state index is 12.6. The summed E-state index contributed by atoms with van der Waals surface area (Å²) in [6.07, 6.45) is 1.58. The van der Waals surface area contributed by atoms with Crippen molar-refractivity contribution >= 4 is 32.8 Å². The molecule has 2 aromatic carbocycles. The zero-order valence-corrected chi connectivity index (χ0v) is 16.1. The van der Waals surface area contributed by atoms with E-state index >= 15 is 0 Å². The van der Waals surface area contributed by atoms with Crippen molar-refractivity contribution in [2.45, 2.75) is 23.9 Å². The van der Waals surface area contributed by atoms with Crippen LogP contribution in [0.25, 0.3) is 0 Å². The minimum Gasteiger partial charge on any atom is -0.457 e. The lowest BCUT2D eigenvalue weighted by atomic mass is 10.2. The quantitative estimate of drug-likeness (QED) is 0.780. The van der Waals surface area contributed by atoms with Crippen LogP contribution in [-0.4, -0.2) is 31.2 Å². The average Bonchev–Trinajstić information content (AvgIpc) is 3.30. The Hall–Kier alpha value is -2.63. The van der Waals surface area contributed by atoms with Crippen molar-refractivity contribution in [1.82, 2.24) is 9.44 Å². The normalized spacial score (nSPS) is 24.6. The number of anilines is 1. The first kappa shape index (κ1) is 17.5. The predicted octanol–water partition coefficient (Wildman–Crippen LogP) is 1.56. The molecule has 146 valence electrons. The molecule has 2 atom stereocenters. The highest BCUT2D eigenvalue weighted by molar-refractivity contribution is 7.89. The van der Waals surface area contributed by atoms with E-state index in [1.54, 1.807) is 36.4 Å². The molecule has 3 heterocycles. The van der Waals surface area contributed by atoms with Gasteiger partial charge in [0.1, 0.15) is 16.4 Å². The largest absolute Gasteiger partial charge is 0.457 e. The second-order valence-electron chi connectivity index (χ2n) is 6.58. The zero-order chi connectivity index (χ0) is 19.3. The molecule has 3 aliphatic rings. The Balaban J connectivity index is 1.45. The summed E-state index contributed by atoms with van der Waals surface area (Å²) >= 11 is -1.68. The van der Waals surface area contributed by atoms with E-state index in [0.717, 1.165) is 19.4 Å². The highest BCUT2D eigenvalue weighted by atomic mass is 32.2. The van der Waals surface area contributed by atoms with Crippen LogP contribution in [0, 0.1) is 0 Å². The molecule has 0 aromatic heterocycles. The number of nitrogens with zero attached hydrogens (tertiary/aromatic N) is 2. The van der Waals surface area contributed by atoms with Gasteiger partial charge in [0.2, 0.25) is 10.0 Å². The summed E-state index contributed by atoms with van der Waals surface area (Å²) in [6.45, 7) is 0.820. The van der Waals surface area contributed by atoms with E-state index in [0.29, 0.717) is 28.6 Å². The fraction of sp³-hybridized carbons (Fsp3) is 0.235. The number of ether oxygens (including phenoxy) is 1. The van der Waals surface area contributed by atoms with Crippen molar-refractivity contribution < 1.29 is 21.6 Å².